The van der Waals surface area contributed by atoms with Gasteiger partial charge in [0.1, 0.15) is 0 Å². The molecule has 0 unspecified atom stereocenters. The Morgan fingerprint density at radius 2 is 1.52 bits per heavy atom. The highest BCUT2D eigenvalue weighted by atomic mass is 16.5. The van der Waals surface area contributed by atoms with E-state index in [1.165, 1.54) is 7.11 Å². The van der Waals surface area contributed by atoms with E-state index in [1.807, 2.05) is 24.3 Å². The number of nitrogens with zero attached hydrogens (tertiary/aromatic N) is 2. The van der Waals surface area contributed by atoms with Gasteiger partial charge < -0.3 is 10.1 Å². The number of esters is 1. The first-order valence-corrected chi connectivity index (χ1v) is 10.5. The number of methoxy groups -OCH3 is 1. The second kappa shape index (κ2) is 6.36. The lowest BCUT2D eigenvalue weighted by Crippen LogP contribution is -2.48. The Bertz CT molecular complexity index is 1250. The Morgan fingerprint density at radius 3 is 2.19 bits per heavy atom. The van der Waals surface area contributed by atoms with Crippen LogP contribution in [-0.2, 0) is 20.4 Å². The second-order valence-corrected chi connectivity index (χ2v) is 9.26. The maximum absolute atomic E-state index is 14.0. The van der Waals surface area contributed by atoms with Gasteiger partial charge in [0, 0.05) is 5.41 Å². The molecule has 1 heterocycles. The summed E-state index contributed by atoms with van der Waals surface area (Å²) in [6.45, 7) is 6.47. The fourth-order valence-electron chi connectivity index (χ4n) is 5.66. The highest BCUT2D eigenvalue weighted by Gasteiger charge is 2.73. The molecule has 31 heavy (non-hydrogen) atoms. The third-order valence-corrected chi connectivity index (χ3v) is 7.91. The Morgan fingerprint density at radius 1 is 0.903 bits per heavy atom. The summed E-state index contributed by atoms with van der Waals surface area (Å²) in [4.78, 5) is 36.2. The van der Waals surface area contributed by atoms with Crippen LogP contribution in [0.3, 0.4) is 0 Å². The molecule has 1 fully saturated rings. The minimum Gasteiger partial charge on any atom is -0.465 e. The topological polar surface area (TPSA) is 81.2 Å². The van der Waals surface area contributed by atoms with Crippen molar-refractivity contribution in [3.63, 3.8) is 0 Å². The van der Waals surface area contributed by atoms with Crippen LogP contribution in [0, 0.1) is 5.41 Å². The maximum Gasteiger partial charge on any atom is 0.339 e. The van der Waals surface area contributed by atoms with Gasteiger partial charge in [0.05, 0.1) is 46.2 Å². The number of benzene rings is 2. The molecule has 3 aromatic rings. The fraction of sp³-hybridized carbons (Fsp3) is 0.360. The number of rotatable bonds is 3. The fourth-order valence-corrected chi connectivity index (χ4v) is 5.66. The van der Waals surface area contributed by atoms with Crippen molar-refractivity contribution in [1.29, 1.82) is 0 Å². The zero-order valence-electron chi connectivity index (χ0n) is 18.2. The largest absolute Gasteiger partial charge is 0.465 e. The van der Waals surface area contributed by atoms with Crippen molar-refractivity contribution in [3.05, 3.63) is 65.5 Å². The average molecular weight is 415 g/mol. The summed E-state index contributed by atoms with van der Waals surface area (Å²) in [5.41, 5.74) is 2.58. The molecule has 2 aromatic carbocycles. The quantitative estimate of drug-likeness (QED) is 0.642. The van der Waals surface area contributed by atoms with E-state index in [9.17, 15) is 9.59 Å². The molecular formula is C25H25N3O3. The third kappa shape index (κ3) is 2.33. The number of amides is 1. The minimum absolute atomic E-state index is 0.152. The van der Waals surface area contributed by atoms with E-state index in [4.69, 9.17) is 14.7 Å². The predicted molar refractivity (Wildman–Crippen MR) is 118 cm³/mol. The average Bonchev–Trinajstić information content (AvgIpc) is 3.07. The van der Waals surface area contributed by atoms with Gasteiger partial charge >= 0.3 is 5.97 Å². The molecule has 0 spiro atoms. The van der Waals surface area contributed by atoms with Crippen molar-refractivity contribution in [2.45, 2.75) is 44.4 Å². The van der Waals surface area contributed by atoms with Crippen molar-refractivity contribution in [2.24, 2.45) is 5.41 Å². The minimum atomic E-state index is -0.836. The van der Waals surface area contributed by atoms with Gasteiger partial charge in [-0.3, -0.25) is 4.79 Å². The van der Waals surface area contributed by atoms with Crippen LogP contribution in [0.1, 0.15) is 55.4 Å². The Labute approximate surface area is 181 Å². The number of fused-ring (bicyclic) bond motifs is 6. The third-order valence-electron chi connectivity index (χ3n) is 7.91. The molecule has 0 aliphatic heterocycles. The predicted octanol–water partition coefficient (Wildman–Crippen LogP) is 4.38. The normalized spacial score (nSPS) is 25.3. The van der Waals surface area contributed by atoms with Gasteiger partial charge in [-0.15, -0.1) is 0 Å². The number of hydrogen-bond donors (Lipinski definition) is 1. The van der Waals surface area contributed by atoms with E-state index in [-0.39, 0.29) is 11.3 Å². The van der Waals surface area contributed by atoms with E-state index in [1.54, 1.807) is 24.3 Å². The lowest BCUT2D eigenvalue weighted by atomic mass is 9.63. The summed E-state index contributed by atoms with van der Waals surface area (Å²) >= 11 is 0. The van der Waals surface area contributed by atoms with E-state index in [2.05, 4.69) is 26.1 Å². The molecule has 2 aliphatic rings. The van der Waals surface area contributed by atoms with Crippen LogP contribution in [0.15, 0.2) is 48.5 Å². The lowest BCUT2D eigenvalue weighted by molar-refractivity contribution is -0.125. The van der Waals surface area contributed by atoms with Gasteiger partial charge in [-0.2, -0.15) is 0 Å². The summed E-state index contributed by atoms with van der Waals surface area (Å²) in [5, 5.41) is 3.04. The molecule has 6 nitrogen and oxygen atoms in total. The zero-order chi connectivity index (χ0) is 22.0. The molecule has 1 aromatic heterocycles. The summed E-state index contributed by atoms with van der Waals surface area (Å²) < 4.78 is 4.89. The molecule has 158 valence electrons. The van der Waals surface area contributed by atoms with Crippen LogP contribution >= 0.6 is 0 Å². The summed E-state index contributed by atoms with van der Waals surface area (Å²) in [5.74, 6) is -0.637. The molecular weight excluding hydrogens is 390 g/mol. The van der Waals surface area contributed by atoms with E-state index >= 15 is 0 Å². The van der Waals surface area contributed by atoms with Crippen molar-refractivity contribution in [1.82, 2.24) is 9.97 Å². The molecule has 2 bridgehead atoms. The van der Waals surface area contributed by atoms with Crippen LogP contribution < -0.4 is 5.32 Å². The number of carbonyl (C=O) groups is 2. The van der Waals surface area contributed by atoms with Crippen LogP contribution in [0.5, 0.6) is 0 Å². The number of anilines is 1. The Balaban J connectivity index is 1.67. The van der Waals surface area contributed by atoms with Gasteiger partial charge in [0.25, 0.3) is 0 Å². The Kier molecular flexibility index (Phi) is 4.04. The van der Waals surface area contributed by atoms with E-state index in [0.717, 1.165) is 28.8 Å². The first-order valence-electron chi connectivity index (χ1n) is 10.5. The number of aromatic nitrogens is 2. The Hall–Kier alpha value is -3.28. The van der Waals surface area contributed by atoms with Crippen LogP contribution in [-0.4, -0.2) is 29.0 Å². The molecule has 1 N–H and O–H groups in total. The number of hydrogen-bond acceptors (Lipinski definition) is 5. The molecule has 0 radical (unpaired) electrons. The molecule has 0 saturated heterocycles. The van der Waals surface area contributed by atoms with Gasteiger partial charge in [0.2, 0.25) is 5.91 Å². The second-order valence-electron chi connectivity index (χ2n) is 9.26. The highest BCUT2D eigenvalue weighted by Crippen LogP contribution is 2.70. The molecule has 2 aliphatic carbocycles. The van der Waals surface area contributed by atoms with E-state index < -0.39 is 16.8 Å². The summed E-state index contributed by atoms with van der Waals surface area (Å²) in [6, 6.07) is 14.7. The summed E-state index contributed by atoms with van der Waals surface area (Å²) in [7, 11) is 1.33. The highest BCUT2D eigenvalue weighted by molar-refractivity contribution is 6.06. The molecule has 1 amide bonds. The molecule has 2 atom stereocenters. The van der Waals surface area contributed by atoms with Crippen molar-refractivity contribution in [3.8, 4) is 0 Å². The first-order chi connectivity index (χ1) is 14.8. The zero-order valence-corrected chi connectivity index (χ0v) is 18.2. The van der Waals surface area contributed by atoms with Crippen molar-refractivity contribution >= 4 is 28.6 Å². The molecule has 6 heteroatoms. The number of carbonyl (C=O) groups excluding carboxylic acids is 2. The van der Waals surface area contributed by atoms with Gasteiger partial charge in [-0.25, -0.2) is 14.8 Å². The SMILES string of the molecule is COC(=O)c1ccccc1NC(=O)[C@]12CC[C@@](C)(c3nc4ccccc4nc31)C2(C)C. The number of para-hydroxylation sites is 3. The summed E-state index contributed by atoms with van der Waals surface area (Å²) in [6.07, 6.45) is 1.54. The monoisotopic (exact) mass is 415 g/mol. The van der Waals surface area contributed by atoms with Gasteiger partial charge in [0.15, 0.2) is 0 Å². The van der Waals surface area contributed by atoms with Crippen LogP contribution in [0.4, 0.5) is 5.69 Å². The van der Waals surface area contributed by atoms with Crippen molar-refractivity contribution in [2.75, 3.05) is 12.4 Å². The van der Waals surface area contributed by atoms with Crippen molar-refractivity contribution < 1.29 is 14.3 Å². The van der Waals surface area contributed by atoms with Gasteiger partial charge in [-0.05, 0) is 42.5 Å². The number of ether oxygens (including phenoxy) is 1. The van der Waals surface area contributed by atoms with Crippen LogP contribution in [0.25, 0.3) is 11.0 Å². The standard InChI is InChI=1S/C25H25N3O3/c1-23(2)24(3)13-14-25(23,20-19(24)26-17-11-7-8-12-18(17)27-20)22(30)28-16-10-6-5-9-15(16)21(29)31-4/h5-12H,13-14H2,1-4H3,(H,28,30)/t24-,25-/m0/s1. The molecule has 1 saturated carbocycles. The van der Waals surface area contributed by atoms with Crippen LogP contribution in [0.2, 0.25) is 0 Å². The number of nitrogens with one attached hydrogen (secondary N) is 1. The molecule has 5 rings (SSSR count). The first kappa shape index (κ1) is 19.7. The smallest absolute Gasteiger partial charge is 0.339 e. The lowest BCUT2D eigenvalue weighted by Gasteiger charge is -2.39. The van der Waals surface area contributed by atoms with Gasteiger partial charge in [-0.1, -0.05) is 45.0 Å². The van der Waals surface area contributed by atoms with E-state index in [0.29, 0.717) is 17.7 Å². The maximum atomic E-state index is 14.0.